The summed E-state index contributed by atoms with van der Waals surface area (Å²) in [4.78, 5) is 16.5. The zero-order valence-corrected chi connectivity index (χ0v) is 19.0. The van der Waals surface area contributed by atoms with Crippen molar-refractivity contribution in [3.63, 3.8) is 0 Å². The number of nitrogens with one attached hydrogen (secondary N) is 1. The second-order valence-electron chi connectivity index (χ2n) is 7.75. The van der Waals surface area contributed by atoms with Crippen molar-refractivity contribution in [2.45, 2.75) is 32.9 Å². The number of nitrogens with zero attached hydrogens (tertiary/aromatic N) is 5. The highest BCUT2D eigenvalue weighted by Gasteiger charge is 2.27. The minimum absolute atomic E-state index is 0.0276. The van der Waals surface area contributed by atoms with E-state index in [4.69, 9.17) is 23.2 Å². The van der Waals surface area contributed by atoms with E-state index in [0.717, 1.165) is 35.6 Å². The van der Waals surface area contributed by atoms with Crippen LogP contribution in [0.2, 0.25) is 10.2 Å². The molecular weight excluding hydrogens is 443 g/mol. The Hall–Kier alpha value is -2.16. The SMILES string of the molecule is CC(C)Cn1cc(-c2ccc(C(=O)N[C@@H]3CCN(c4cnnc(Cl)c4Cl)C3)s2)cn1. The summed E-state index contributed by atoms with van der Waals surface area (Å²) in [6.45, 7) is 6.60. The Morgan fingerprint density at radius 1 is 1.33 bits per heavy atom. The Labute approximate surface area is 189 Å². The first-order valence-corrected chi connectivity index (χ1v) is 11.3. The van der Waals surface area contributed by atoms with Crippen molar-refractivity contribution in [2.24, 2.45) is 5.92 Å². The molecule has 0 spiro atoms. The first-order chi connectivity index (χ1) is 14.4. The predicted molar refractivity (Wildman–Crippen MR) is 121 cm³/mol. The van der Waals surface area contributed by atoms with Gasteiger partial charge in [-0.3, -0.25) is 9.48 Å². The van der Waals surface area contributed by atoms with Gasteiger partial charge in [0.05, 0.1) is 23.0 Å². The number of aromatic nitrogens is 4. The standard InChI is InChI=1S/C20H22Cl2N6OS/c1-12(2)9-28-10-13(7-24-28)16-3-4-17(30-16)20(29)25-14-5-6-27(11-14)15-8-23-26-19(22)18(15)21/h3-4,7-8,10,12,14H,5-6,9,11H2,1-2H3,(H,25,29)/t14-/m1/s1. The molecule has 3 aromatic heterocycles. The van der Waals surface area contributed by atoms with E-state index in [1.165, 1.54) is 11.3 Å². The number of carbonyl (C=O) groups is 1. The Balaban J connectivity index is 1.38. The molecular formula is C20H22Cl2N6OS. The van der Waals surface area contributed by atoms with Gasteiger partial charge in [-0.15, -0.1) is 16.4 Å². The molecule has 4 heterocycles. The van der Waals surface area contributed by atoms with Crippen molar-refractivity contribution in [1.82, 2.24) is 25.3 Å². The average molecular weight is 465 g/mol. The van der Waals surface area contributed by atoms with Crippen LogP contribution in [0.3, 0.4) is 0 Å². The largest absolute Gasteiger partial charge is 0.367 e. The molecule has 0 aliphatic carbocycles. The Kier molecular flexibility index (Phi) is 6.26. The van der Waals surface area contributed by atoms with Crippen molar-refractivity contribution >= 4 is 46.1 Å². The van der Waals surface area contributed by atoms with E-state index < -0.39 is 0 Å². The first-order valence-electron chi connectivity index (χ1n) is 9.76. The molecule has 1 aliphatic heterocycles. The molecule has 1 fully saturated rings. The number of halogens is 2. The van der Waals surface area contributed by atoms with Gasteiger partial charge in [-0.2, -0.15) is 10.2 Å². The lowest BCUT2D eigenvalue weighted by Crippen LogP contribution is -2.36. The fraction of sp³-hybridized carbons (Fsp3) is 0.400. The highest BCUT2D eigenvalue weighted by atomic mass is 35.5. The van der Waals surface area contributed by atoms with Crippen LogP contribution in [0.1, 0.15) is 29.9 Å². The molecule has 1 N–H and O–H groups in total. The number of rotatable bonds is 6. The molecule has 0 bridgehead atoms. The molecule has 4 rings (SSSR count). The lowest BCUT2D eigenvalue weighted by Gasteiger charge is -2.19. The minimum Gasteiger partial charge on any atom is -0.367 e. The molecule has 1 amide bonds. The van der Waals surface area contributed by atoms with Crippen molar-refractivity contribution in [3.05, 3.63) is 45.8 Å². The van der Waals surface area contributed by atoms with E-state index >= 15 is 0 Å². The Morgan fingerprint density at radius 3 is 2.97 bits per heavy atom. The van der Waals surface area contributed by atoms with Gasteiger partial charge in [0, 0.05) is 42.3 Å². The molecule has 0 unspecified atom stereocenters. The second kappa shape index (κ2) is 8.91. The molecule has 1 saturated heterocycles. The molecule has 10 heteroatoms. The van der Waals surface area contributed by atoms with Crippen LogP contribution < -0.4 is 10.2 Å². The summed E-state index contributed by atoms with van der Waals surface area (Å²) in [5, 5.41) is 15.7. The summed E-state index contributed by atoms with van der Waals surface area (Å²) in [6, 6.07) is 3.87. The lowest BCUT2D eigenvalue weighted by atomic mass is 10.2. The van der Waals surface area contributed by atoms with E-state index in [1.54, 1.807) is 6.20 Å². The minimum atomic E-state index is -0.0651. The monoisotopic (exact) mass is 464 g/mol. The third kappa shape index (κ3) is 4.61. The van der Waals surface area contributed by atoms with Gasteiger partial charge in [-0.1, -0.05) is 37.0 Å². The maximum Gasteiger partial charge on any atom is 0.261 e. The van der Waals surface area contributed by atoms with Crippen molar-refractivity contribution < 1.29 is 4.79 Å². The Bertz CT molecular complexity index is 1050. The van der Waals surface area contributed by atoms with E-state index in [1.807, 2.05) is 29.2 Å². The first kappa shape index (κ1) is 21.1. The molecule has 1 aliphatic rings. The van der Waals surface area contributed by atoms with Crippen LogP contribution in [0.5, 0.6) is 0 Å². The fourth-order valence-electron chi connectivity index (χ4n) is 3.49. The summed E-state index contributed by atoms with van der Waals surface area (Å²) in [7, 11) is 0. The van der Waals surface area contributed by atoms with Gasteiger partial charge in [-0.25, -0.2) is 0 Å². The predicted octanol–water partition coefficient (Wildman–Crippen LogP) is 4.37. The van der Waals surface area contributed by atoms with Gasteiger partial charge >= 0.3 is 0 Å². The topological polar surface area (TPSA) is 75.9 Å². The van der Waals surface area contributed by atoms with E-state index in [-0.39, 0.29) is 17.1 Å². The zero-order valence-electron chi connectivity index (χ0n) is 16.7. The number of hydrogen-bond acceptors (Lipinski definition) is 6. The highest BCUT2D eigenvalue weighted by Crippen LogP contribution is 2.32. The van der Waals surface area contributed by atoms with Crippen molar-refractivity contribution in [1.29, 1.82) is 0 Å². The van der Waals surface area contributed by atoms with Gasteiger partial charge in [0.2, 0.25) is 0 Å². The smallest absolute Gasteiger partial charge is 0.261 e. The molecule has 0 saturated carbocycles. The van der Waals surface area contributed by atoms with Gasteiger partial charge < -0.3 is 10.2 Å². The maximum absolute atomic E-state index is 12.8. The van der Waals surface area contributed by atoms with Crippen LogP contribution in [-0.2, 0) is 6.54 Å². The second-order valence-corrected chi connectivity index (χ2v) is 9.57. The maximum atomic E-state index is 12.8. The summed E-state index contributed by atoms with van der Waals surface area (Å²) < 4.78 is 1.94. The van der Waals surface area contributed by atoms with E-state index in [2.05, 4.69) is 39.4 Å². The molecule has 7 nitrogen and oxygen atoms in total. The average Bonchev–Trinajstić information content (AvgIpc) is 3.44. The molecule has 0 aromatic carbocycles. The van der Waals surface area contributed by atoms with E-state index in [9.17, 15) is 4.79 Å². The van der Waals surface area contributed by atoms with Crippen LogP contribution in [-0.4, -0.2) is 45.0 Å². The number of amides is 1. The van der Waals surface area contributed by atoms with Crippen LogP contribution >= 0.6 is 34.5 Å². The van der Waals surface area contributed by atoms with Crippen LogP contribution in [0, 0.1) is 5.92 Å². The summed E-state index contributed by atoms with van der Waals surface area (Å²) in [6.07, 6.45) is 6.30. The third-order valence-electron chi connectivity index (χ3n) is 4.90. The fourth-order valence-corrected chi connectivity index (χ4v) is 4.72. The molecule has 0 radical (unpaired) electrons. The number of thiophene rings is 1. The normalized spacial score (nSPS) is 16.4. The third-order valence-corrected chi connectivity index (χ3v) is 6.76. The van der Waals surface area contributed by atoms with Gasteiger partial charge in [0.15, 0.2) is 5.15 Å². The van der Waals surface area contributed by atoms with Gasteiger partial charge in [0.25, 0.3) is 5.91 Å². The van der Waals surface area contributed by atoms with Gasteiger partial charge in [-0.05, 0) is 24.5 Å². The lowest BCUT2D eigenvalue weighted by molar-refractivity contribution is 0.0944. The van der Waals surface area contributed by atoms with Crippen LogP contribution in [0.4, 0.5) is 5.69 Å². The van der Waals surface area contributed by atoms with Crippen LogP contribution in [0.25, 0.3) is 10.4 Å². The molecule has 158 valence electrons. The van der Waals surface area contributed by atoms with Gasteiger partial charge in [0.1, 0.15) is 5.02 Å². The highest BCUT2D eigenvalue weighted by molar-refractivity contribution is 7.17. The van der Waals surface area contributed by atoms with Crippen molar-refractivity contribution in [2.75, 3.05) is 18.0 Å². The number of anilines is 1. The van der Waals surface area contributed by atoms with E-state index in [0.29, 0.717) is 22.4 Å². The quantitative estimate of drug-likeness (QED) is 0.585. The molecule has 30 heavy (non-hydrogen) atoms. The Morgan fingerprint density at radius 2 is 2.17 bits per heavy atom. The summed E-state index contributed by atoms with van der Waals surface area (Å²) in [5.74, 6) is 0.465. The summed E-state index contributed by atoms with van der Waals surface area (Å²) in [5.41, 5.74) is 1.77. The zero-order chi connectivity index (χ0) is 21.3. The van der Waals surface area contributed by atoms with Crippen molar-refractivity contribution in [3.8, 4) is 10.4 Å². The molecule has 1 atom stereocenters. The molecule has 3 aromatic rings. The number of hydrogen-bond donors (Lipinski definition) is 1. The number of carbonyl (C=O) groups excluding carboxylic acids is 1. The summed E-state index contributed by atoms with van der Waals surface area (Å²) >= 11 is 13.7. The van der Waals surface area contributed by atoms with Crippen LogP contribution in [0.15, 0.2) is 30.7 Å².